The van der Waals surface area contributed by atoms with Gasteiger partial charge >= 0.3 is 0 Å². The normalized spacial score (nSPS) is 20.8. The summed E-state index contributed by atoms with van der Waals surface area (Å²) in [4.78, 5) is 0. The summed E-state index contributed by atoms with van der Waals surface area (Å²) in [5.74, 6) is 0. The lowest BCUT2D eigenvalue weighted by atomic mass is 10.3. The number of rotatable bonds is 3. The van der Waals surface area contributed by atoms with E-state index in [0.29, 0.717) is 0 Å². The Kier molecular flexibility index (Phi) is 3.16. The molecule has 0 unspecified atom stereocenters. The van der Waals surface area contributed by atoms with Crippen LogP contribution in [0.2, 0.25) is 0 Å². The number of hydrogen-bond donors (Lipinski definition) is 0. The molecule has 3 nitrogen and oxygen atoms in total. The highest BCUT2D eigenvalue weighted by Gasteiger charge is 2.21. The molecule has 1 aliphatic rings. The van der Waals surface area contributed by atoms with E-state index in [-0.39, 0.29) is 6.10 Å². The number of alkyl halides is 1. The second kappa shape index (κ2) is 3.74. The zero-order chi connectivity index (χ0) is 8.32. The van der Waals surface area contributed by atoms with E-state index >= 15 is 0 Å². The molecule has 1 saturated carbocycles. The highest BCUT2D eigenvalue weighted by atomic mass is 35.5. The van der Waals surface area contributed by atoms with Crippen LogP contribution in [0.1, 0.15) is 25.7 Å². The van der Waals surface area contributed by atoms with Gasteiger partial charge in [-0.2, -0.15) is 8.42 Å². The third kappa shape index (κ3) is 2.97. The van der Waals surface area contributed by atoms with Crippen molar-refractivity contribution in [2.45, 2.75) is 31.8 Å². The third-order valence-corrected chi connectivity index (χ3v) is 3.35. The Bertz CT molecular complexity index is 206. The van der Waals surface area contributed by atoms with Crippen LogP contribution in [0.4, 0.5) is 0 Å². The van der Waals surface area contributed by atoms with Crippen molar-refractivity contribution in [2.75, 3.05) is 5.21 Å². The second-order valence-corrected chi connectivity index (χ2v) is 4.85. The Hall–Kier alpha value is 0.200. The van der Waals surface area contributed by atoms with Gasteiger partial charge < -0.3 is 0 Å². The van der Waals surface area contributed by atoms with Gasteiger partial charge in [0.1, 0.15) is 5.21 Å². The molecule has 0 spiro atoms. The van der Waals surface area contributed by atoms with Gasteiger partial charge in [0.2, 0.25) is 0 Å². The predicted molar refractivity (Wildman–Crippen MR) is 43.0 cm³/mol. The van der Waals surface area contributed by atoms with E-state index in [0.717, 1.165) is 25.7 Å². The van der Waals surface area contributed by atoms with E-state index in [4.69, 9.17) is 15.8 Å². The van der Waals surface area contributed by atoms with Crippen LogP contribution in [0.3, 0.4) is 0 Å². The van der Waals surface area contributed by atoms with Gasteiger partial charge in [0.15, 0.2) is 0 Å². The molecule has 5 heteroatoms. The van der Waals surface area contributed by atoms with E-state index in [1.807, 2.05) is 0 Å². The molecule has 1 aliphatic carbocycles. The summed E-state index contributed by atoms with van der Waals surface area (Å²) in [6.07, 6.45) is 3.69. The topological polar surface area (TPSA) is 43.4 Å². The molecule has 0 radical (unpaired) electrons. The minimum atomic E-state index is -3.44. The van der Waals surface area contributed by atoms with Crippen LogP contribution in [-0.2, 0) is 14.3 Å². The van der Waals surface area contributed by atoms with Crippen LogP contribution >= 0.6 is 11.6 Å². The fourth-order valence-corrected chi connectivity index (χ4v) is 2.03. The lowest BCUT2D eigenvalue weighted by Crippen LogP contribution is -2.15. The van der Waals surface area contributed by atoms with Gasteiger partial charge in [-0.05, 0) is 12.8 Å². The quantitative estimate of drug-likeness (QED) is 0.510. The molecule has 0 heterocycles. The molecule has 11 heavy (non-hydrogen) atoms. The summed E-state index contributed by atoms with van der Waals surface area (Å²) in [6.45, 7) is 0. The first kappa shape index (κ1) is 9.29. The largest absolute Gasteiger partial charge is 0.281 e. The van der Waals surface area contributed by atoms with Crippen LogP contribution in [-0.4, -0.2) is 19.7 Å². The van der Waals surface area contributed by atoms with Gasteiger partial charge in [0, 0.05) is 0 Å². The van der Waals surface area contributed by atoms with E-state index in [2.05, 4.69) is 0 Å². The maximum Gasteiger partial charge on any atom is 0.281 e. The minimum Gasteiger partial charge on any atom is -0.266 e. The summed E-state index contributed by atoms with van der Waals surface area (Å²) in [5, 5.41) is -0.441. The molecule has 0 saturated heterocycles. The first-order valence-electron chi connectivity index (χ1n) is 3.61. The fourth-order valence-electron chi connectivity index (χ4n) is 1.22. The van der Waals surface area contributed by atoms with Gasteiger partial charge in [-0.25, -0.2) is 0 Å². The van der Waals surface area contributed by atoms with Crippen LogP contribution in [0, 0.1) is 0 Å². The lowest BCUT2D eigenvalue weighted by molar-refractivity contribution is 0.219. The summed E-state index contributed by atoms with van der Waals surface area (Å²) < 4.78 is 26.4. The average molecular weight is 199 g/mol. The molecule has 66 valence electrons. The Labute approximate surface area is 71.8 Å². The van der Waals surface area contributed by atoms with Gasteiger partial charge in [-0.15, -0.1) is 11.6 Å². The number of halogens is 1. The van der Waals surface area contributed by atoms with Crippen molar-refractivity contribution < 1.29 is 12.6 Å². The SMILES string of the molecule is O=S(=O)(CCl)OC1CCCC1. The Balaban J connectivity index is 2.41. The highest BCUT2D eigenvalue weighted by molar-refractivity contribution is 7.87. The first-order chi connectivity index (χ1) is 5.14. The molecular weight excluding hydrogens is 188 g/mol. The molecule has 1 fully saturated rings. The molecule has 0 bridgehead atoms. The Morgan fingerprint density at radius 3 is 2.36 bits per heavy atom. The summed E-state index contributed by atoms with van der Waals surface area (Å²) in [6, 6.07) is 0. The zero-order valence-corrected chi connectivity index (χ0v) is 7.70. The van der Waals surface area contributed by atoms with Crippen molar-refractivity contribution in [3.05, 3.63) is 0 Å². The van der Waals surface area contributed by atoms with Crippen molar-refractivity contribution in [3.8, 4) is 0 Å². The third-order valence-electron chi connectivity index (χ3n) is 1.72. The minimum absolute atomic E-state index is 0.112. The van der Waals surface area contributed by atoms with Gasteiger partial charge in [-0.1, -0.05) is 12.8 Å². The molecule has 0 amide bonds. The van der Waals surface area contributed by atoms with Gasteiger partial charge in [-0.3, -0.25) is 4.18 Å². The monoisotopic (exact) mass is 198 g/mol. The van der Waals surface area contributed by atoms with Crippen molar-refractivity contribution in [1.29, 1.82) is 0 Å². The summed E-state index contributed by atoms with van der Waals surface area (Å²) in [7, 11) is -3.44. The average Bonchev–Trinajstić information content (AvgIpc) is 2.39. The molecule has 0 aromatic heterocycles. The van der Waals surface area contributed by atoms with Crippen LogP contribution < -0.4 is 0 Å². The first-order valence-corrected chi connectivity index (χ1v) is 5.72. The molecule has 0 N–H and O–H groups in total. The summed E-state index contributed by atoms with van der Waals surface area (Å²) >= 11 is 5.16. The van der Waals surface area contributed by atoms with E-state index in [9.17, 15) is 8.42 Å². The Morgan fingerprint density at radius 1 is 1.36 bits per heavy atom. The molecule has 0 aliphatic heterocycles. The van der Waals surface area contributed by atoms with Crippen LogP contribution in [0.5, 0.6) is 0 Å². The van der Waals surface area contributed by atoms with E-state index in [1.54, 1.807) is 0 Å². The molecule has 0 aromatic rings. The van der Waals surface area contributed by atoms with Gasteiger partial charge in [0.05, 0.1) is 6.10 Å². The second-order valence-electron chi connectivity index (χ2n) is 2.67. The number of hydrogen-bond acceptors (Lipinski definition) is 3. The van der Waals surface area contributed by atoms with Crippen molar-refractivity contribution >= 4 is 21.7 Å². The fraction of sp³-hybridized carbons (Fsp3) is 1.00. The highest BCUT2D eigenvalue weighted by Crippen LogP contribution is 2.22. The van der Waals surface area contributed by atoms with Crippen molar-refractivity contribution in [2.24, 2.45) is 0 Å². The van der Waals surface area contributed by atoms with Crippen LogP contribution in [0.15, 0.2) is 0 Å². The molecule has 1 rings (SSSR count). The van der Waals surface area contributed by atoms with Gasteiger partial charge in [0.25, 0.3) is 10.1 Å². The molecule has 0 aromatic carbocycles. The van der Waals surface area contributed by atoms with E-state index in [1.165, 1.54) is 0 Å². The maximum atomic E-state index is 10.8. The Morgan fingerprint density at radius 2 is 1.91 bits per heavy atom. The van der Waals surface area contributed by atoms with Crippen LogP contribution in [0.25, 0.3) is 0 Å². The zero-order valence-electron chi connectivity index (χ0n) is 6.12. The molecule has 0 atom stereocenters. The smallest absolute Gasteiger partial charge is 0.266 e. The summed E-state index contributed by atoms with van der Waals surface area (Å²) in [5.41, 5.74) is 0. The van der Waals surface area contributed by atoms with E-state index < -0.39 is 15.3 Å². The standard InChI is InChI=1S/C6H11ClO3S/c7-5-11(8,9)10-6-3-1-2-4-6/h6H,1-5H2. The lowest BCUT2D eigenvalue weighted by Gasteiger charge is -2.08. The maximum absolute atomic E-state index is 10.8. The predicted octanol–water partition coefficient (Wildman–Crippen LogP) is 1.47. The molecular formula is C6H11ClO3S. The van der Waals surface area contributed by atoms with Crippen molar-refractivity contribution in [3.63, 3.8) is 0 Å². The van der Waals surface area contributed by atoms with Crippen molar-refractivity contribution in [1.82, 2.24) is 0 Å².